The summed E-state index contributed by atoms with van der Waals surface area (Å²) in [5.41, 5.74) is 1.18. The van der Waals surface area contributed by atoms with E-state index >= 15 is 0 Å². The molecular formula is C32H42N2O10. The molecule has 3 rings (SSSR count). The fraction of sp³-hybridized carbons (Fsp3) is 0.531. The van der Waals surface area contributed by atoms with Gasteiger partial charge in [-0.1, -0.05) is 38.2 Å². The number of nitrogens with zero attached hydrogens (tertiary/aromatic N) is 1. The number of carboxylic acids is 1. The van der Waals surface area contributed by atoms with E-state index in [2.05, 4.69) is 5.32 Å². The van der Waals surface area contributed by atoms with Crippen molar-refractivity contribution in [3.05, 3.63) is 58.5 Å². The first-order chi connectivity index (χ1) is 20.8. The number of hydrogen-bond acceptors (Lipinski definition) is 10. The van der Waals surface area contributed by atoms with E-state index in [4.69, 9.17) is 19.3 Å². The Hall–Kier alpha value is -3.87. The second-order valence-electron chi connectivity index (χ2n) is 11.5. The van der Waals surface area contributed by atoms with Crippen molar-refractivity contribution in [1.82, 2.24) is 10.2 Å². The average molecular weight is 615 g/mol. The first-order valence-electron chi connectivity index (χ1n) is 14.6. The number of hydrogen-bond donors (Lipinski definition) is 3. The van der Waals surface area contributed by atoms with Crippen LogP contribution < -0.4 is 5.32 Å². The molecule has 3 aliphatic rings. The minimum Gasteiger partial charge on any atom is -0.473 e. The second-order valence-corrected chi connectivity index (χ2v) is 11.5. The number of nitrogens with one attached hydrogen (secondary N) is 1. The van der Waals surface area contributed by atoms with Gasteiger partial charge in [0.05, 0.1) is 23.6 Å². The fourth-order valence-electron chi connectivity index (χ4n) is 5.50. The van der Waals surface area contributed by atoms with Gasteiger partial charge >= 0.3 is 11.9 Å². The van der Waals surface area contributed by atoms with Crippen LogP contribution in [0.2, 0.25) is 0 Å². The second kappa shape index (κ2) is 15.2. The Morgan fingerprint density at radius 2 is 1.75 bits per heavy atom. The number of methoxy groups -OCH3 is 2. The van der Waals surface area contributed by atoms with Crippen molar-refractivity contribution in [3.8, 4) is 0 Å². The number of ether oxygens (including phenoxy) is 3. The molecule has 0 aromatic heterocycles. The Labute approximate surface area is 257 Å². The van der Waals surface area contributed by atoms with Crippen molar-refractivity contribution in [2.24, 2.45) is 11.8 Å². The van der Waals surface area contributed by atoms with E-state index in [1.807, 2.05) is 11.8 Å². The Balaban J connectivity index is 2.08. The van der Waals surface area contributed by atoms with Gasteiger partial charge in [0.1, 0.15) is 6.10 Å². The number of aliphatic hydroxyl groups is 1. The molecule has 1 amide bonds. The molecule has 44 heavy (non-hydrogen) atoms. The summed E-state index contributed by atoms with van der Waals surface area (Å²) < 4.78 is 16.4. The number of aliphatic hydroxyl groups excluding tert-OH is 1. The fourth-order valence-corrected chi connectivity index (χ4v) is 5.50. The Morgan fingerprint density at radius 1 is 1.07 bits per heavy atom. The Kier molecular flexibility index (Phi) is 12.0. The number of ketones is 2. The van der Waals surface area contributed by atoms with Gasteiger partial charge in [0, 0.05) is 50.4 Å². The molecule has 12 nitrogen and oxygen atoms in total. The van der Waals surface area contributed by atoms with Crippen LogP contribution in [0.5, 0.6) is 0 Å². The van der Waals surface area contributed by atoms with E-state index in [9.17, 15) is 29.1 Å². The third-order valence-corrected chi connectivity index (χ3v) is 8.10. The van der Waals surface area contributed by atoms with Crippen LogP contribution in [0.1, 0.15) is 47.0 Å². The van der Waals surface area contributed by atoms with Crippen molar-refractivity contribution in [1.29, 1.82) is 0 Å². The molecule has 2 aliphatic heterocycles. The molecule has 6 atom stereocenters. The third kappa shape index (κ3) is 8.19. The molecule has 2 heterocycles. The summed E-state index contributed by atoms with van der Waals surface area (Å²) in [6, 6.07) is 0. The van der Waals surface area contributed by atoms with Gasteiger partial charge in [-0.15, -0.1) is 0 Å². The number of fused-ring (bicyclic) bond motifs is 2. The maximum absolute atomic E-state index is 13.7. The molecule has 1 fully saturated rings. The Bertz CT molecular complexity index is 1320. The van der Waals surface area contributed by atoms with E-state index in [0.717, 1.165) is 12.5 Å². The molecular weight excluding hydrogens is 572 g/mol. The lowest BCUT2D eigenvalue weighted by atomic mass is 9.84. The van der Waals surface area contributed by atoms with Crippen LogP contribution in [-0.2, 0) is 38.2 Å². The topological polar surface area (TPSA) is 169 Å². The summed E-state index contributed by atoms with van der Waals surface area (Å²) in [6.45, 7) is 8.10. The Morgan fingerprint density at radius 3 is 2.32 bits per heavy atom. The summed E-state index contributed by atoms with van der Waals surface area (Å²) in [4.78, 5) is 65.2. The van der Waals surface area contributed by atoms with Gasteiger partial charge in [-0.3, -0.25) is 14.4 Å². The lowest BCUT2D eigenvalue weighted by Crippen LogP contribution is -2.43. The molecule has 3 N–H and O–H groups in total. The highest BCUT2D eigenvalue weighted by Crippen LogP contribution is 2.32. The SMILES string of the molecule is CO[C@H]1/C=C/C=C(/C)C(=O)NC2=CC(=O)C(N3CCC3)=C(C[C@@H](C)C[C@H](OC)[C@H](O)[C@@H](C)/C=C(\C)[C@@H]1OC(=O)C(=O)O)C2=O. The van der Waals surface area contributed by atoms with Gasteiger partial charge in [0.25, 0.3) is 5.91 Å². The first kappa shape index (κ1) is 34.6. The van der Waals surface area contributed by atoms with E-state index in [0.29, 0.717) is 36.4 Å². The number of carbonyl (C=O) groups is 5. The van der Waals surface area contributed by atoms with Crippen molar-refractivity contribution in [3.63, 3.8) is 0 Å². The molecule has 0 aromatic carbocycles. The quantitative estimate of drug-likeness (QED) is 0.183. The number of carboxylic acid groups (broad SMARTS) is 1. The van der Waals surface area contributed by atoms with Crippen molar-refractivity contribution < 1.29 is 48.4 Å². The number of Topliss-reactive ketones (excluding diaryl/α,β-unsaturated/α-hetero) is 1. The summed E-state index contributed by atoms with van der Waals surface area (Å²) in [5.74, 6) is -5.39. The van der Waals surface area contributed by atoms with Crippen LogP contribution >= 0.6 is 0 Å². The number of esters is 1. The predicted octanol–water partition coefficient (Wildman–Crippen LogP) is 2.00. The van der Waals surface area contributed by atoms with Crippen LogP contribution in [0.25, 0.3) is 0 Å². The number of amides is 1. The van der Waals surface area contributed by atoms with Gasteiger partial charge in [-0.05, 0) is 44.6 Å². The zero-order chi connectivity index (χ0) is 32.7. The summed E-state index contributed by atoms with van der Waals surface area (Å²) in [6.07, 6.45) is 4.86. The number of rotatable bonds is 4. The summed E-state index contributed by atoms with van der Waals surface area (Å²) >= 11 is 0. The molecule has 0 unspecified atom stereocenters. The molecule has 0 aromatic rings. The standard InChI is InChI=1S/C32H42N2O10/c1-17-13-21-26(34-11-8-12-34)23(35)16-22(28(21)37)33-30(38)18(2)9-7-10-24(42-5)29(44-32(41)31(39)40)20(4)15-19(3)27(36)25(14-17)43-6/h7,9-10,15-17,19,24-25,27,29,36H,8,11-14H2,1-6H3,(H,33,38)(H,39,40)/b10-7+,18-9-,20-15+/t17-,19+,24+,25+,27-,29+/m1/s1. The van der Waals surface area contributed by atoms with E-state index in [1.165, 1.54) is 39.4 Å². The van der Waals surface area contributed by atoms with Crippen LogP contribution in [0, 0.1) is 11.8 Å². The average Bonchev–Trinajstić information content (AvgIpc) is 2.94. The molecule has 0 radical (unpaired) electrons. The highest BCUT2D eigenvalue weighted by atomic mass is 16.6. The van der Waals surface area contributed by atoms with Crippen LogP contribution in [-0.4, -0.2) is 96.3 Å². The molecule has 1 aliphatic carbocycles. The molecule has 0 spiro atoms. The van der Waals surface area contributed by atoms with E-state index in [-0.39, 0.29) is 29.4 Å². The predicted molar refractivity (Wildman–Crippen MR) is 159 cm³/mol. The number of aliphatic carboxylic acids is 1. The number of carbonyl (C=O) groups excluding carboxylic acids is 4. The van der Waals surface area contributed by atoms with Gasteiger partial charge in [-0.25, -0.2) is 9.59 Å². The molecule has 1 saturated heterocycles. The monoisotopic (exact) mass is 614 g/mol. The maximum Gasteiger partial charge on any atom is 0.418 e. The van der Waals surface area contributed by atoms with Gasteiger partial charge < -0.3 is 34.6 Å². The van der Waals surface area contributed by atoms with Crippen molar-refractivity contribution in [2.45, 2.75) is 71.4 Å². The van der Waals surface area contributed by atoms with E-state index in [1.54, 1.807) is 19.9 Å². The van der Waals surface area contributed by atoms with Gasteiger partial charge in [0.2, 0.25) is 11.6 Å². The van der Waals surface area contributed by atoms with Crippen LogP contribution in [0.4, 0.5) is 0 Å². The van der Waals surface area contributed by atoms with Crippen LogP contribution in [0.15, 0.2) is 58.5 Å². The zero-order valence-corrected chi connectivity index (χ0v) is 26.0. The first-order valence-corrected chi connectivity index (χ1v) is 14.6. The highest BCUT2D eigenvalue weighted by molar-refractivity contribution is 6.28. The lowest BCUT2D eigenvalue weighted by Gasteiger charge is -2.37. The zero-order valence-electron chi connectivity index (χ0n) is 26.0. The van der Waals surface area contributed by atoms with Crippen LogP contribution in [0.3, 0.4) is 0 Å². The van der Waals surface area contributed by atoms with Gasteiger partial charge in [0.15, 0.2) is 6.10 Å². The third-order valence-electron chi connectivity index (χ3n) is 8.10. The minimum absolute atomic E-state index is 0.117. The summed E-state index contributed by atoms with van der Waals surface area (Å²) in [5, 5.41) is 23.0. The molecule has 0 saturated carbocycles. The largest absolute Gasteiger partial charge is 0.473 e. The highest BCUT2D eigenvalue weighted by Gasteiger charge is 2.36. The lowest BCUT2D eigenvalue weighted by molar-refractivity contribution is -0.168. The summed E-state index contributed by atoms with van der Waals surface area (Å²) in [7, 11) is 2.81. The number of allylic oxidation sites excluding steroid dienone is 4. The maximum atomic E-state index is 13.7. The van der Waals surface area contributed by atoms with E-state index < -0.39 is 54.0 Å². The van der Waals surface area contributed by atoms with Gasteiger partial charge in [-0.2, -0.15) is 0 Å². The molecule has 2 bridgehead atoms. The van der Waals surface area contributed by atoms with Crippen molar-refractivity contribution >= 4 is 29.4 Å². The smallest absolute Gasteiger partial charge is 0.418 e. The molecule has 12 heteroatoms. The molecule has 240 valence electrons. The number of likely N-dealkylation sites (tertiary alicyclic amines) is 1. The van der Waals surface area contributed by atoms with Crippen molar-refractivity contribution in [2.75, 3.05) is 27.3 Å². The normalized spacial score (nSPS) is 32.4. The minimum atomic E-state index is -1.78.